The van der Waals surface area contributed by atoms with E-state index in [2.05, 4.69) is 15.0 Å². The molecule has 10 heteroatoms. The first-order chi connectivity index (χ1) is 15.1. The number of rotatable bonds is 3. The molecule has 1 atom stereocenters. The number of amides is 1. The highest BCUT2D eigenvalue weighted by atomic mass is 16.6. The maximum absolute atomic E-state index is 13.0. The summed E-state index contributed by atoms with van der Waals surface area (Å²) in [5, 5.41) is 11.1. The number of imidazole rings is 1. The molecular weight excluding hydrogens is 402 g/mol. The quantitative estimate of drug-likeness (QED) is 0.569. The number of hydrogen-bond donors (Lipinski definition) is 1. The second-order valence-electron chi connectivity index (χ2n) is 8.35. The van der Waals surface area contributed by atoms with Crippen LogP contribution in [0.1, 0.15) is 42.6 Å². The lowest BCUT2D eigenvalue weighted by Crippen LogP contribution is -2.45. The van der Waals surface area contributed by atoms with E-state index in [1.807, 2.05) is 11.0 Å². The van der Waals surface area contributed by atoms with Crippen LogP contribution in [0.3, 0.4) is 0 Å². The molecule has 3 aliphatic rings. The van der Waals surface area contributed by atoms with Gasteiger partial charge in [0, 0.05) is 32.3 Å². The summed E-state index contributed by atoms with van der Waals surface area (Å²) in [4.78, 5) is 42.4. The van der Waals surface area contributed by atoms with Crippen LogP contribution in [-0.2, 0) is 14.3 Å². The number of cyclic esters (lactones) is 1. The molecule has 1 N–H and O–H groups in total. The van der Waals surface area contributed by atoms with E-state index in [4.69, 9.17) is 14.6 Å². The van der Waals surface area contributed by atoms with E-state index in [1.54, 1.807) is 23.0 Å². The van der Waals surface area contributed by atoms with Crippen molar-refractivity contribution in [3.63, 3.8) is 0 Å². The summed E-state index contributed by atoms with van der Waals surface area (Å²) in [6.07, 6.45) is 7.80. The van der Waals surface area contributed by atoms with Crippen molar-refractivity contribution in [1.82, 2.24) is 24.4 Å². The zero-order valence-corrected chi connectivity index (χ0v) is 17.4. The summed E-state index contributed by atoms with van der Waals surface area (Å²) in [5.41, 5.74) is 0.703. The minimum absolute atomic E-state index is 0.00387. The van der Waals surface area contributed by atoms with Gasteiger partial charge in [-0.15, -0.1) is 0 Å². The third kappa shape index (κ3) is 4.25. The highest BCUT2D eigenvalue weighted by Gasteiger charge is 2.51. The Morgan fingerprint density at radius 1 is 1.26 bits per heavy atom. The number of piperidine rings is 1. The number of carbonyl (C=O) groups excluding carboxylic acids is 2. The van der Waals surface area contributed by atoms with Crippen LogP contribution in [0.2, 0.25) is 0 Å². The van der Waals surface area contributed by atoms with Gasteiger partial charge < -0.3 is 14.7 Å². The van der Waals surface area contributed by atoms with Gasteiger partial charge in [-0.2, -0.15) is 5.10 Å². The van der Waals surface area contributed by atoms with E-state index in [-0.39, 0.29) is 24.5 Å². The second-order valence-corrected chi connectivity index (χ2v) is 8.35. The molecule has 3 fully saturated rings. The fourth-order valence-electron chi connectivity index (χ4n) is 4.88. The van der Waals surface area contributed by atoms with Crippen molar-refractivity contribution >= 4 is 24.0 Å². The van der Waals surface area contributed by atoms with Gasteiger partial charge in [0.05, 0.1) is 11.6 Å². The van der Waals surface area contributed by atoms with Crippen LogP contribution in [0.15, 0.2) is 24.5 Å². The molecule has 10 nitrogen and oxygen atoms in total. The van der Waals surface area contributed by atoms with Crippen LogP contribution in [0.5, 0.6) is 0 Å². The van der Waals surface area contributed by atoms with Gasteiger partial charge in [0.2, 0.25) is 0 Å². The van der Waals surface area contributed by atoms with Gasteiger partial charge >= 0.3 is 5.97 Å². The summed E-state index contributed by atoms with van der Waals surface area (Å²) in [5.74, 6) is -0.152. The molecule has 3 saturated heterocycles. The minimum atomic E-state index is -0.418. The van der Waals surface area contributed by atoms with Gasteiger partial charge in [0.15, 0.2) is 11.3 Å². The molecule has 0 radical (unpaired) electrons. The van der Waals surface area contributed by atoms with E-state index in [0.29, 0.717) is 37.3 Å². The Morgan fingerprint density at radius 2 is 1.97 bits per heavy atom. The Balaban J connectivity index is 0.000000730. The molecular formula is C21H27N5O5. The van der Waals surface area contributed by atoms with Crippen LogP contribution >= 0.6 is 0 Å². The van der Waals surface area contributed by atoms with Gasteiger partial charge in [-0.05, 0) is 50.9 Å². The van der Waals surface area contributed by atoms with Gasteiger partial charge in [0.25, 0.3) is 12.4 Å². The molecule has 1 amide bonds. The van der Waals surface area contributed by atoms with Gasteiger partial charge in [0.1, 0.15) is 6.10 Å². The lowest BCUT2D eigenvalue weighted by Gasteiger charge is -2.36. The Morgan fingerprint density at radius 3 is 2.68 bits per heavy atom. The van der Waals surface area contributed by atoms with Crippen molar-refractivity contribution in [1.29, 1.82) is 0 Å². The Hall–Kier alpha value is -3.01. The highest BCUT2D eigenvalue weighted by Crippen LogP contribution is 2.43. The normalized spacial score (nSPS) is 22.9. The number of carboxylic acid groups (broad SMARTS) is 1. The van der Waals surface area contributed by atoms with E-state index < -0.39 is 5.41 Å². The zero-order chi connectivity index (χ0) is 21.8. The first kappa shape index (κ1) is 21.2. The Labute approximate surface area is 179 Å². The zero-order valence-electron chi connectivity index (χ0n) is 17.4. The molecule has 0 saturated carbocycles. The van der Waals surface area contributed by atoms with E-state index in [9.17, 15) is 9.59 Å². The predicted octanol–water partition coefficient (Wildman–Crippen LogP) is 1.06. The number of aromatic nitrogens is 3. The molecule has 5 rings (SSSR count). The maximum atomic E-state index is 13.0. The minimum Gasteiger partial charge on any atom is -0.483 e. The number of likely N-dealkylation sites (tertiary alicyclic amines) is 2. The van der Waals surface area contributed by atoms with Crippen molar-refractivity contribution in [3.05, 3.63) is 30.2 Å². The lowest BCUT2D eigenvalue weighted by atomic mass is 9.76. The third-order valence-electron chi connectivity index (χ3n) is 6.49. The van der Waals surface area contributed by atoms with E-state index in [1.165, 1.54) is 12.8 Å². The first-order valence-corrected chi connectivity index (χ1v) is 10.7. The molecule has 2 aromatic rings. The number of hydrogen-bond acceptors (Lipinski definition) is 7. The monoisotopic (exact) mass is 429 g/mol. The Bertz CT molecular complexity index is 947. The fraction of sp³-hybridized carbons (Fsp3) is 0.571. The molecule has 31 heavy (non-hydrogen) atoms. The maximum Gasteiger partial charge on any atom is 0.312 e. The summed E-state index contributed by atoms with van der Waals surface area (Å²) in [6.45, 7) is 3.94. The van der Waals surface area contributed by atoms with Crippen LogP contribution in [0.25, 0.3) is 5.65 Å². The summed E-state index contributed by atoms with van der Waals surface area (Å²) < 4.78 is 7.31. The molecule has 1 spiro atoms. The van der Waals surface area contributed by atoms with Gasteiger partial charge in [-0.3, -0.25) is 19.3 Å². The van der Waals surface area contributed by atoms with E-state index in [0.717, 1.165) is 26.1 Å². The SMILES string of the molecule is O=C(c1cnc2cccnn12)N1CCC2(CC1)CC(CN1CCCC1)OC2=O.O=CO. The standard InChI is InChI=1S/C20H25N5O3.CH2O2/c26-18(16-13-21-17-4-3-7-22-25(16)17)24-10-5-20(6-11-24)12-15(28-19(20)27)14-23-8-1-2-9-23;2-1-3/h3-4,7,13,15H,1-2,5-6,8-12,14H2;1H,(H,2,3). The summed E-state index contributed by atoms with van der Waals surface area (Å²) >= 11 is 0. The molecule has 0 aliphatic carbocycles. The van der Waals surface area contributed by atoms with Crippen molar-refractivity contribution in [2.45, 2.75) is 38.2 Å². The lowest BCUT2D eigenvalue weighted by molar-refractivity contribution is -0.151. The van der Waals surface area contributed by atoms with Gasteiger partial charge in [-0.25, -0.2) is 9.50 Å². The second kappa shape index (κ2) is 9.01. The number of carbonyl (C=O) groups is 3. The first-order valence-electron chi connectivity index (χ1n) is 10.7. The molecule has 5 heterocycles. The molecule has 0 aromatic carbocycles. The summed E-state index contributed by atoms with van der Waals surface area (Å²) in [7, 11) is 0. The van der Waals surface area contributed by atoms with Crippen molar-refractivity contribution in [3.8, 4) is 0 Å². The average molecular weight is 429 g/mol. The highest BCUT2D eigenvalue weighted by molar-refractivity contribution is 5.93. The topological polar surface area (TPSA) is 117 Å². The van der Waals surface area contributed by atoms with Crippen LogP contribution < -0.4 is 0 Å². The van der Waals surface area contributed by atoms with Crippen LogP contribution in [0, 0.1) is 5.41 Å². The average Bonchev–Trinajstić information content (AvgIpc) is 3.49. The summed E-state index contributed by atoms with van der Waals surface area (Å²) in [6, 6.07) is 3.62. The fourth-order valence-corrected chi connectivity index (χ4v) is 4.88. The molecule has 2 aromatic heterocycles. The molecule has 1 unspecified atom stereocenters. The largest absolute Gasteiger partial charge is 0.483 e. The third-order valence-corrected chi connectivity index (χ3v) is 6.49. The van der Waals surface area contributed by atoms with E-state index >= 15 is 0 Å². The molecule has 0 bridgehead atoms. The number of esters is 1. The number of fused-ring (bicyclic) bond motifs is 1. The van der Waals surface area contributed by atoms with Crippen LogP contribution in [0.4, 0.5) is 0 Å². The Kier molecular flexibility index (Phi) is 6.17. The number of ether oxygens (including phenoxy) is 1. The smallest absolute Gasteiger partial charge is 0.312 e. The van der Waals surface area contributed by atoms with Crippen molar-refractivity contribution in [2.75, 3.05) is 32.7 Å². The van der Waals surface area contributed by atoms with Crippen LogP contribution in [-0.4, -0.2) is 86.7 Å². The number of nitrogens with zero attached hydrogens (tertiary/aromatic N) is 5. The van der Waals surface area contributed by atoms with Crippen molar-refractivity contribution < 1.29 is 24.2 Å². The predicted molar refractivity (Wildman–Crippen MR) is 109 cm³/mol. The van der Waals surface area contributed by atoms with Crippen molar-refractivity contribution in [2.24, 2.45) is 5.41 Å². The molecule has 3 aliphatic heterocycles. The van der Waals surface area contributed by atoms with Gasteiger partial charge in [-0.1, -0.05) is 0 Å². The molecule has 166 valence electrons.